The molecule has 1 aliphatic heterocycles. The number of aryl methyl sites for hydroxylation is 1. The van der Waals surface area contributed by atoms with Crippen molar-refractivity contribution < 1.29 is 4.74 Å². The summed E-state index contributed by atoms with van der Waals surface area (Å²) >= 11 is 6.13. The quantitative estimate of drug-likeness (QED) is 0.788. The van der Waals surface area contributed by atoms with E-state index in [0.29, 0.717) is 5.92 Å². The van der Waals surface area contributed by atoms with E-state index in [1.807, 2.05) is 11.3 Å². The van der Waals surface area contributed by atoms with Crippen LogP contribution in [0.3, 0.4) is 0 Å². The molecule has 1 aliphatic rings. The topological polar surface area (TPSA) is 22.1 Å². The van der Waals surface area contributed by atoms with Gasteiger partial charge in [-0.1, -0.05) is 0 Å². The summed E-state index contributed by atoms with van der Waals surface area (Å²) in [5.74, 6) is 1.44. The predicted octanol–water partition coefficient (Wildman–Crippen LogP) is 2.78. The first-order valence-corrected chi connectivity index (χ1v) is 6.41. The van der Waals surface area contributed by atoms with Crippen LogP contribution in [0, 0.1) is 6.92 Å². The summed E-state index contributed by atoms with van der Waals surface area (Å²) in [4.78, 5) is 5.93. The number of rotatable bonds is 2. The maximum atomic E-state index is 5.35. The SMILES string of the molecule is Cc1nc(C2CCOCC2)sc1CS. The average molecular weight is 229 g/mol. The second-order valence-electron chi connectivity index (χ2n) is 3.61. The Labute approximate surface area is 94.1 Å². The number of thiazole rings is 1. The van der Waals surface area contributed by atoms with Crippen LogP contribution in [0.1, 0.15) is 34.3 Å². The molecule has 4 heteroatoms. The third-order valence-electron chi connectivity index (χ3n) is 2.62. The Morgan fingerprint density at radius 1 is 1.50 bits per heavy atom. The fourth-order valence-corrected chi connectivity index (χ4v) is 3.23. The van der Waals surface area contributed by atoms with Gasteiger partial charge in [0, 0.05) is 29.8 Å². The molecule has 0 radical (unpaired) electrons. The Hall–Kier alpha value is -0.0600. The first-order chi connectivity index (χ1) is 6.81. The number of hydrogen-bond donors (Lipinski definition) is 1. The molecule has 14 heavy (non-hydrogen) atoms. The van der Waals surface area contributed by atoms with Gasteiger partial charge in [-0.25, -0.2) is 4.98 Å². The van der Waals surface area contributed by atoms with Gasteiger partial charge in [0.2, 0.25) is 0 Å². The summed E-state index contributed by atoms with van der Waals surface area (Å²) in [5.41, 5.74) is 1.16. The first kappa shape index (κ1) is 10.5. The summed E-state index contributed by atoms with van der Waals surface area (Å²) in [6, 6.07) is 0. The van der Waals surface area contributed by atoms with E-state index < -0.39 is 0 Å². The molecular formula is C10H15NOS2. The summed E-state index contributed by atoms with van der Waals surface area (Å²) in [5, 5.41) is 1.29. The van der Waals surface area contributed by atoms with Crippen molar-refractivity contribution in [3.8, 4) is 0 Å². The Balaban J connectivity index is 2.14. The van der Waals surface area contributed by atoms with Gasteiger partial charge in [0.25, 0.3) is 0 Å². The van der Waals surface area contributed by atoms with Crippen LogP contribution in [0.5, 0.6) is 0 Å². The van der Waals surface area contributed by atoms with E-state index in [9.17, 15) is 0 Å². The van der Waals surface area contributed by atoms with E-state index in [-0.39, 0.29) is 0 Å². The lowest BCUT2D eigenvalue weighted by molar-refractivity contribution is 0.0852. The van der Waals surface area contributed by atoms with Crippen molar-refractivity contribution in [3.63, 3.8) is 0 Å². The fourth-order valence-electron chi connectivity index (χ4n) is 1.72. The molecule has 0 unspecified atom stereocenters. The van der Waals surface area contributed by atoms with Crippen molar-refractivity contribution in [2.45, 2.75) is 31.4 Å². The van der Waals surface area contributed by atoms with Crippen LogP contribution in [-0.4, -0.2) is 18.2 Å². The average Bonchev–Trinajstić information content (AvgIpc) is 2.61. The van der Waals surface area contributed by atoms with Crippen molar-refractivity contribution in [1.82, 2.24) is 4.98 Å². The minimum absolute atomic E-state index is 0.626. The molecule has 1 aromatic heterocycles. The van der Waals surface area contributed by atoms with Gasteiger partial charge in [-0.15, -0.1) is 11.3 Å². The number of thiol groups is 1. The molecule has 0 amide bonds. The Kier molecular flexibility index (Phi) is 3.47. The lowest BCUT2D eigenvalue weighted by Gasteiger charge is -2.19. The highest BCUT2D eigenvalue weighted by Crippen LogP contribution is 2.32. The zero-order valence-corrected chi connectivity index (χ0v) is 10.0. The van der Waals surface area contributed by atoms with Crippen LogP contribution in [0.2, 0.25) is 0 Å². The summed E-state index contributed by atoms with van der Waals surface area (Å²) in [7, 11) is 0. The molecule has 0 atom stereocenters. The lowest BCUT2D eigenvalue weighted by atomic mass is 10.0. The highest BCUT2D eigenvalue weighted by Gasteiger charge is 2.20. The van der Waals surface area contributed by atoms with E-state index in [1.54, 1.807) is 0 Å². The Morgan fingerprint density at radius 2 is 2.21 bits per heavy atom. The zero-order valence-electron chi connectivity index (χ0n) is 8.32. The molecule has 78 valence electrons. The minimum atomic E-state index is 0.626. The van der Waals surface area contributed by atoms with Gasteiger partial charge in [-0.3, -0.25) is 0 Å². The standard InChI is InChI=1S/C10H15NOS2/c1-7-9(6-13)14-10(11-7)8-2-4-12-5-3-8/h8,13H,2-6H2,1H3. The molecule has 0 aliphatic carbocycles. The second kappa shape index (κ2) is 4.64. The number of nitrogens with zero attached hydrogens (tertiary/aromatic N) is 1. The second-order valence-corrected chi connectivity index (χ2v) is 5.04. The third-order valence-corrected chi connectivity index (χ3v) is 4.47. The highest BCUT2D eigenvalue weighted by molar-refractivity contribution is 7.79. The fraction of sp³-hybridized carbons (Fsp3) is 0.700. The van der Waals surface area contributed by atoms with Crippen molar-refractivity contribution in [3.05, 3.63) is 15.6 Å². The third kappa shape index (κ3) is 2.12. The molecule has 1 aromatic rings. The van der Waals surface area contributed by atoms with E-state index >= 15 is 0 Å². The van der Waals surface area contributed by atoms with Crippen molar-refractivity contribution in [2.75, 3.05) is 13.2 Å². The number of aromatic nitrogens is 1. The lowest BCUT2D eigenvalue weighted by Crippen LogP contribution is -2.13. The summed E-state index contributed by atoms with van der Waals surface area (Å²) < 4.78 is 5.35. The van der Waals surface area contributed by atoms with Crippen molar-refractivity contribution >= 4 is 24.0 Å². The van der Waals surface area contributed by atoms with E-state index in [4.69, 9.17) is 4.74 Å². The normalized spacial score (nSPS) is 18.7. The van der Waals surface area contributed by atoms with Crippen LogP contribution in [0.4, 0.5) is 0 Å². The van der Waals surface area contributed by atoms with Gasteiger partial charge in [-0.2, -0.15) is 12.6 Å². The molecule has 2 nitrogen and oxygen atoms in total. The summed E-state index contributed by atoms with van der Waals surface area (Å²) in [6.45, 7) is 3.85. The van der Waals surface area contributed by atoms with Crippen molar-refractivity contribution in [1.29, 1.82) is 0 Å². The van der Waals surface area contributed by atoms with Gasteiger partial charge in [0.1, 0.15) is 0 Å². The van der Waals surface area contributed by atoms with Crippen LogP contribution in [0.25, 0.3) is 0 Å². The Bertz CT molecular complexity index is 305. The van der Waals surface area contributed by atoms with E-state index in [2.05, 4.69) is 24.5 Å². The first-order valence-electron chi connectivity index (χ1n) is 4.96. The molecule has 1 fully saturated rings. The predicted molar refractivity (Wildman–Crippen MR) is 62.3 cm³/mol. The van der Waals surface area contributed by atoms with Crippen LogP contribution in [-0.2, 0) is 10.5 Å². The minimum Gasteiger partial charge on any atom is -0.381 e. The van der Waals surface area contributed by atoms with Crippen molar-refractivity contribution in [2.24, 2.45) is 0 Å². The zero-order chi connectivity index (χ0) is 9.97. The summed E-state index contributed by atoms with van der Waals surface area (Å²) in [6.07, 6.45) is 2.25. The maximum Gasteiger partial charge on any atom is 0.0963 e. The largest absolute Gasteiger partial charge is 0.381 e. The van der Waals surface area contributed by atoms with Crippen LogP contribution < -0.4 is 0 Å². The van der Waals surface area contributed by atoms with E-state index in [1.165, 1.54) is 9.88 Å². The van der Waals surface area contributed by atoms with Gasteiger partial charge >= 0.3 is 0 Å². The van der Waals surface area contributed by atoms with Gasteiger partial charge in [0.05, 0.1) is 10.7 Å². The van der Waals surface area contributed by atoms with Gasteiger partial charge in [-0.05, 0) is 19.8 Å². The highest BCUT2D eigenvalue weighted by atomic mass is 32.1. The molecule has 0 N–H and O–H groups in total. The molecule has 0 saturated carbocycles. The molecule has 2 rings (SSSR count). The molecule has 0 spiro atoms. The number of hydrogen-bond acceptors (Lipinski definition) is 4. The number of ether oxygens (including phenoxy) is 1. The monoisotopic (exact) mass is 229 g/mol. The molecule has 0 aromatic carbocycles. The van der Waals surface area contributed by atoms with Crippen LogP contribution in [0.15, 0.2) is 0 Å². The Morgan fingerprint density at radius 3 is 2.79 bits per heavy atom. The molecule has 0 bridgehead atoms. The van der Waals surface area contributed by atoms with Gasteiger partial charge in [0.15, 0.2) is 0 Å². The molecule has 1 saturated heterocycles. The van der Waals surface area contributed by atoms with Crippen LogP contribution >= 0.6 is 24.0 Å². The maximum absolute atomic E-state index is 5.35. The molecule has 2 heterocycles. The van der Waals surface area contributed by atoms with E-state index in [0.717, 1.165) is 37.5 Å². The van der Waals surface area contributed by atoms with Gasteiger partial charge < -0.3 is 4.74 Å². The smallest absolute Gasteiger partial charge is 0.0963 e. The molecular weight excluding hydrogens is 214 g/mol.